The average Bonchev–Trinajstić information content (AvgIpc) is 2.44. The second kappa shape index (κ2) is 6.98. The van der Waals surface area contributed by atoms with E-state index in [4.69, 9.17) is 9.47 Å². The molecule has 2 heteroatoms. The lowest BCUT2D eigenvalue weighted by molar-refractivity contribution is 0.128. The molecular formula is C24H34O2. The van der Waals surface area contributed by atoms with Gasteiger partial charge in [0, 0.05) is 0 Å². The van der Waals surface area contributed by atoms with Crippen LogP contribution < -0.4 is 9.47 Å². The van der Waals surface area contributed by atoms with Crippen LogP contribution in [0.15, 0.2) is 24.3 Å². The first-order valence-corrected chi connectivity index (χ1v) is 9.38. The molecule has 0 aliphatic heterocycles. The summed E-state index contributed by atoms with van der Waals surface area (Å²) in [6.07, 6.45) is 0. The van der Waals surface area contributed by atoms with Crippen LogP contribution in [0.2, 0.25) is 0 Å². The van der Waals surface area contributed by atoms with E-state index in [1.54, 1.807) is 0 Å². The zero-order valence-electron chi connectivity index (χ0n) is 18.1. The molecule has 0 heterocycles. The molecule has 142 valence electrons. The van der Waals surface area contributed by atoms with Gasteiger partial charge in [0.1, 0.15) is 22.7 Å². The molecule has 2 aromatic rings. The molecule has 26 heavy (non-hydrogen) atoms. The summed E-state index contributed by atoms with van der Waals surface area (Å²) in [7, 11) is 0. The molecule has 0 spiro atoms. The SMILES string of the molecule is Cc1cc(-c2cc(C)c(OC(C)(C)C)c(C)c2)cc(C)c1OC(C)(C)C. The van der Waals surface area contributed by atoms with Crippen LogP contribution in [-0.2, 0) is 0 Å². The number of ether oxygens (including phenoxy) is 2. The van der Waals surface area contributed by atoms with Crippen LogP contribution in [-0.4, -0.2) is 11.2 Å². The normalized spacial score (nSPS) is 12.2. The van der Waals surface area contributed by atoms with Gasteiger partial charge in [0.2, 0.25) is 0 Å². The summed E-state index contributed by atoms with van der Waals surface area (Å²) in [4.78, 5) is 0. The van der Waals surface area contributed by atoms with Gasteiger partial charge in [-0.25, -0.2) is 0 Å². The molecule has 0 aliphatic rings. The third-order valence-corrected chi connectivity index (χ3v) is 4.07. The summed E-state index contributed by atoms with van der Waals surface area (Å²) in [5.41, 5.74) is 6.71. The molecule has 0 radical (unpaired) electrons. The van der Waals surface area contributed by atoms with Crippen molar-refractivity contribution in [3.05, 3.63) is 46.5 Å². The molecule has 0 amide bonds. The van der Waals surface area contributed by atoms with Crippen molar-refractivity contribution in [1.82, 2.24) is 0 Å². The van der Waals surface area contributed by atoms with Crippen LogP contribution >= 0.6 is 0 Å². The van der Waals surface area contributed by atoms with Crippen LogP contribution in [0.1, 0.15) is 63.8 Å². The zero-order valence-corrected chi connectivity index (χ0v) is 18.1. The van der Waals surface area contributed by atoms with Gasteiger partial charge in [-0.1, -0.05) is 0 Å². The molecular weight excluding hydrogens is 320 g/mol. The highest BCUT2D eigenvalue weighted by Crippen LogP contribution is 2.36. The molecule has 0 aliphatic carbocycles. The van der Waals surface area contributed by atoms with Gasteiger partial charge in [0.15, 0.2) is 0 Å². The molecule has 2 nitrogen and oxygen atoms in total. The van der Waals surface area contributed by atoms with E-state index < -0.39 is 0 Å². The van der Waals surface area contributed by atoms with E-state index in [1.165, 1.54) is 33.4 Å². The first kappa shape index (κ1) is 20.4. The highest BCUT2D eigenvalue weighted by molar-refractivity contribution is 5.70. The minimum atomic E-state index is -0.198. The van der Waals surface area contributed by atoms with Crippen LogP contribution in [0.5, 0.6) is 11.5 Å². The van der Waals surface area contributed by atoms with Crippen molar-refractivity contribution < 1.29 is 9.47 Å². The fraction of sp³-hybridized carbons (Fsp3) is 0.500. The van der Waals surface area contributed by atoms with Gasteiger partial charge in [-0.05, 0) is 127 Å². The first-order chi connectivity index (χ1) is 11.8. The number of hydrogen-bond donors (Lipinski definition) is 0. The summed E-state index contributed by atoms with van der Waals surface area (Å²) >= 11 is 0. The lowest BCUT2D eigenvalue weighted by atomic mass is 9.96. The van der Waals surface area contributed by atoms with Crippen molar-refractivity contribution in [3.8, 4) is 22.6 Å². The Hall–Kier alpha value is -1.96. The average molecular weight is 355 g/mol. The van der Waals surface area contributed by atoms with Crippen molar-refractivity contribution in [2.24, 2.45) is 0 Å². The van der Waals surface area contributed by atoms with Crippen LogP contribution in [0.3, 0.4) is 0 Å². The van der Waals surface area contributed by atoms with Gasteiger partial charge in [0.05, 0.1) is 0 Å². The molecule has 2 rings (SSSR count). The van der Waals surface area contributed by atoms with E-state index in [9.17, 15) is 0 Å². The van der Waals surface area contributed by atoms with E-state index in [2.05, 4.69) is 93.5 Å². The maximum atomic E-state index is 6.16. The fourth-order valence-electron chi connectivity index (χ4n) is 3.17. The summed E-state index contributed by atoms with van der Waals surface area (Å²) < 4.78 is 12.3. The van der Waals surface area contributed by atoms with E-state index in [0.29, 0.717) is 0 Å². The van der Waals surface area contributed by atoms with Gasteiger partial charge in [-0.3, -0.25) is 0 Å². The van der Waals surface area contributed by atoms with Gasteiger partial charge < -0.3 is 9.47 Å². The smallest absolute Gasteiger partial charge is 0.125 e. The fourth-order valence-corrected chi connectivity index (χ4v) is 3.17. The van der Waals surface area contributed by atoms with Crippen molar-refractivity contribution in [2.75, 3.05) is 0 Å². The van der Waals surface area contributed by atoms with Gasteiger partial charge in [-0.15, -0.1) is 0 Å². The molecule has 0 atom stereocenters. The number of aryl methyl sites for hydroxylation is 4. The molecule has 0 bridgehead atoms. The maximum Gasteiger partial charge on any atom is 0.125 e. The Morgan fingerprint density at radius 2 is 0.731 bits per heavy atom. The molecule has 0 fully saturated rings. The Morgan fingerprint density at radius 3 is 0.923 bits per heavy atom. The zero-order chi connectivity index (χ0) is 19.9. The van der Waals surface area contributed by atoms with E-state index in [0.717, 1.165) is 11.5 Å². The Kier molecular flexibility index (Phi) is 5.46. The monoisotopic (exact) mass is 354 g/mol. The van der Waals surface area contributed by atoms with Crippen molar-refractivity contribution in [1.29, 1.82) is 0 Å². The molecule has 0 unspecified atom stereocenters. The third-order valence-electron chi connectivity index (χ3n) is 4.07. The van der Waals surface area contributed by atoms with Crippen LogP contribution in [0, 0.1) is 27.7 Å². The van der Waals surface area contributed by atoms with Gasteiger partial charge >= 0.3 is 0 Å². The Morgan fingerprint density at radius 1 is 0.500 bits per heavy atom. The van der Waals surface area contributed by atoms with Crippen molar-refractivity contribution >= 4 is 0 Å². The Balaban J connectivity index is 2.46. The largest absolute Gasteiger partial charge is 0.488 e. The quantitative estimate of drug-likeness (QED) is 0.594. The summed E-state index contributed by atoms with van der Waals surface area (Å²) in [6, 6.07) is 8.86. The Labute approximate surface area is 159 Å². The second-order valence-electron chi connectivity index (χ2n) is 9.31. The molecule has 2 aromatic carbocycles. The Bertz CT molecular complexity index is 686. The molecule has 0 aromatic heterocycles. The van der Waals surface area contributed by atoms with Crippen LogP contribution in [0.25, 0.3) is 11.1 Å². The first-order valence-electron chi connectivity index (χ1n) is 9.38. The molecule has 0 saturated carbocycles. The van der Waals surface area contributed by atoms with Gasteiger partial charge in [-0.2, -0.15) is 0 Å². The lowest BCUT2D eigenvalue weighted by Crippen LogP contribution is -2.24. The molecule has 0 N–H and O–H groups in total. The minimum Gasteiger partial charge on any atom is -0.488 e. The lowest BCUT2D eigenvalue weighted by Gasteiger charge is -2.26. The number of benzene rings is 2. The predicted molar refractivity (Wildman–Crippen MR) is 112 cm³/mol. The van der Waals surface area contributed by atoms with E-state index in [1.807, 2.05) is 0 Å². The highest BCUT2D eigenvalue weighted by Gasteiger charge is 2.18. The minimum absolute atomic E-state index is 0.198. The molecule has 0 saturated heterocycles. The number of hydrogen-bond acceptors (Lipinski definition) is 2. The summed E-state index contributed by atoms with van der Waals surface area (Å²) in [5, 5.41) is 0. The van der Waals surface area contributed by atoms with Crippen LogP contribution in [0.4, 0.5) is 0 Å². The second-order valence-corrected chi connectivity index (χ2v) is 9.31. The summed E-state index contributed by atoms with van der Waals surface area (Å²) in [6.45, 7) is 21.0. The number of rotatable bonds is 3. The summed E-state index contributed by atoms with van der Waals surface area (Å²) in [5.74, 6) is 1.98. The van der Waals surface area contributed by atoms with Gasteiger partial charge in [0.25, 0.3) is 0 Å². The standard InChI is InChI=1S/C24H34O2/c1-15-11-19(12-16(2)21(15)25-23(5,6)7)20-13-17(3)22(18(4)14-20)26-24(8,9)10/h11-14H,1-10H3. The van der Waals surface area contributed by atoms with Crippen molar-refractivity contribution in [2.45, 2.75) is 80.4 Å². The topological polar surface area (TPSA) is 18.5 Å². The van der Waals surface area contributed by atoms with Crippen molar-refractivity contribution in [3.63, 3.8) is 0 Å². The maximum absolute atomic E-state index is 6.16. The third kappa shape index (κ3) is 5.03. The van der Waals surface area contributed by atoms with E-state index in [-0.39, 0.29) is 11.2 Å². The van der Waals surface area contributed by atoms with E-state index >= 15 is 0 Å². The highest BCUT2D eigenvalue weighted by atomic mass is 16.5. The predicted octanol–water partition coefficient (Wildman–Crippen LogP) is 6.94.